The van der Waals surface area contributed by atoms with E-state index in [2.05, 4.69) is 48.5 Å². The van der Waals surface area contributed by atoms with Gasteiger partial charge >= 0.3 is 39.5 Å². The molecule has 0 heterocycles. The summed E-state index contributed by atoms with van der Waals surface area (Å²) in [6.07, 6.45) is 58.2. The molecule has 0 amide bonds. The fourth-order valence-corrected chi connectivity index (χ4v) is 13.9. The molecule has 0 aliphatic carbocycles. The summed E-state index contributed by atoms with van der Waals surface area (Å²) in [6, 6.07) is 0. The maximum atomic E-state index is 13.1. The molecule has 0 aliphatic heterocycles. The predicted octanol–water partition coefficient (Wildman–Crippen LogP) is 23.7. The van der Waals surface area contributed by atoms with Crippen molar-refractivity contribution in [2.24, 2.45) is 17.8 Å². The van der Waals surface area contributed by atoms with Crippen LogP contribution in [0.15, 0.2) is 0 Å². The van der Waals surface area contributed by atoms with Crippen LogP contribution in [-0.4, -0.2) is 96.7 Å². The average molecular weight is 1450 g/mol. The molecular weight excluding hydrogens is 1290 g/mol. The Morgan fingerprint density at radius 3 is 0.768 bits per heavy atom. The summed E-state index contributed by atoms with van der Waals surface area (Å²) in [7, 11) is -9.92. The van der Waals surface area contributed by atoms with Crippen LogP contribution in [0.3, 0.4) is 0 Å². The number of carbonyl (C=O) groups is 4. The fraction of sp³-hybridized carbons (Fsp3) is 0.950. The van der Waals surface area contributed by atoms with Crippen LogP contribution in [0.1, 0.15) is 414 Å². The molecule has 588 valence electrons. The van der Waals surface area contributed by atoms with Crippen molar-refractivity contribution in [3.05, 3.63) is 0 Å². The standard InChI is InChI=1S/C80H156O17P2/c1-8-10-11-12-13-14-15-16-17-18-19-24-30-35-40-49-56-63-79(84)96-75(67-90-77(82)61-54-47-39-34-29-25-20-22-27-32-37-44-51-58-71(3)4)69-94-98(86,87)92-65-74(81)66-93-99(88,89)95-70-76(68-91-78(83)62-55-48-43-42-46-53-60-73(7)9-2)97-80(85)64-57-50-41-36-31-26-21-23-28-33-38-45-52-59-72(5)6/h71-76,81H,8-70H2,1-7H3,(H,86,87)(H,88,89)/t73?,74-,75-,76-/m1/s1. The molecule has 99 heavy (non-hydrogen) atoms. The third-order valence-corrected chi connectivity index (χ3v) is 20.9. The molecular formula is C80H156O17P2. The van der Waals surface area contributed by atoms with Crippen LogP contribution in [-0.2, 0) is 65.4 Å². The maximum absolute atomic E-state index is 13.1. The van der Waals surface area contributed by atoms with Gasteiger partial charge in [-0.05, 0) is 43.4 Å². The largest absolute Gasteiger partial charge is 0.472 e. The highest BCUT2D eigenvalue weighted by Gasteiger charge is 2.30. The van der Waals surface area contributed by atoms with Crippen LogP contribution >= 0.6 is 15.6 Å². The summed E-state index contributed by atoms with van der Waals surface area (Å²) < 4.78 is 68.7. The smallest absolute Gasteiger partial charge is 0.462 e. The van der Waals surface area contributed by atoms with Gasteiger partial charge in [0.2, 0.25) is 0 Å². The number of phosphoric ester groups is 2. The highest BCUT2D eigenvalue weighted by molar-refractivity contribution is 7.47. The number of ether oxygens (including phenoxy) is 4. The highest BCUT2D eigenvalue weighted by Crippen LogP contribution is 2.45. The Hall–Kier alpha value is -1.94. The van der Waals surface area contributed by atoms with Gasteiger partial charge in [-0.3, -0.25) is 37.3 Å². The summed E-state index contributed by atoms with van der Waals surface area (Å²) in [6.45, 7) is 11.9. The van der Waals surface area contributed by atoms with E-state index in [4.69, 9.17) is 37.0 Å². The Morgan fingerprint density at radius 2 is 0.515 bits per heavy atom. The Balaban J connectivity index is 5.25. The van der Waals surface area contributed by atoms with E-state index in [0.29, 0.717) is 25.7 Å². The third kappa shape index (κ3) is 72.8. The number of esters is 4. The molecule has 0 aliphatic rings. The number of rotatable bonds is 78. The van der Waals surface area contributed by atoms with Crippen LogP contribution < -0.4 is 0 Å². The van der Waals surface area contributed by atoms with Gasteiger partial charge in [-0.25, -0.2) is 9.13 Å². The summed E-state index contributed by atoms with van der Waals surface area (Å²) >= 11 is 0. The average Bonchev–Trinajstić information content (AvgIpc) is 1.07. The minimum Gasteiger partial charge on any atom is -0.462 e. The molecule has 0 rings (SSSR count). The van der Waals surface area contributed by atoms with E-state index >= 15 is 0 Å². The Bertz CT molecular complexity index is 1920. The molecule has 6 atom stereocenters. The zero-order chi connectivity index (χ0) is 73.0. The SMILES string of the molecule is CCCCCCCCCCCCCCCCCCCC(=O)O[C@H](COC(=O)CCCCCCCCCCCCCCCC(C)C)COP(=O)(O)OC[C@@H](O)COP(=O)(O)OC[C@@H](COC(=O)CCCCCCCCC(C)CC)OC(=O)CCCCCCCCCCCCCCCC(C)C. The molecule has 3 unspecified atom stereocenters. The first-order chi connectivity index (χ1) is 47.8. The van der Waals surface area contributed by atoms with E-state index in [-0.39, 0.29) is 25.7 Å². The molecule has 0 saturated carbocycles. The van der Waals surface area contributed by atoms with Crippen molar-refractivity contribution >= 4 is 39.5 Å². The second kappa shape index (κ2) is 70.4. The van der Waals surface area contributed by atoms with E-state index in [1.54, 1.807) is 0 Å². The molecule has 3 N–H and O–H groups in total. The topological polar surface area (TPSA) is 237 Å². The lowest BCUT2D eigenvalue weighted by atomic mass is 10.00. The Morgan fingerprint density at radius 1 is 0.293 bits per heavy atom. The van der Waals surface area contributed by atoms with Crippen molar-refractivity contribution in [2.75, 3.05) is 39.6 Å². The van der Waals surface area contributed by atoms with Gasteiger partial charge in [0.05, 0.1) is 26.4 Å². The molecule has 19 heteroatoms. The first-order valence-corrected chi connectivity index (χ1v) is 44.4. The molecule has 0 spiro atoms. The van der Waals surface area contributed by atoms with Crippen molar-refractivity contribution in [1.29, 1.82) is 0 Å². The van der Waals surface area contributed by atoms with Gasteiger partial charge in [-0.1, -0.05) is 363 Å². The number of aliphatic hydroxyl groups is 1. The second-order valence-electron chi connectivity index (χ2n) is 30.0. The minimum atomic E-state index is -4.96. The minimum absolute atomic E-state index is 0.106. The van der Waals surface area contributed by atoms with Crippen LogP contribution in [0.5, 0.6) is 0 Å². The summed E-state index contributed by atoms with van der Waals surface area (Å²) in [4.78, 5) is 73.0. The van der Waals surface area contributed by atoms with E-state index in [1.165, 1.54) is 218 Å². The lowest BCUT2D eigenvalue weighted by molar-refractivity contribution is -0.161. The fourth-order valence-electron chi connectivity index (χ4n) is 12.3. The van der Waals surface area contributed by atoms with E-state index < -0.39 is 97.5 Å². The van der Waals surface area contributed by atoms with Gasteiger partial charge < -0.3 is 33.8 Å². The number of carbonyl (C=O) groups excluding carboxylic acids is 4. The van der Waals surface area contributed by atoms with Crippen molar-refractivity contribution in [2.45, 2.75) is 433 Å². The zero-order valence-electron chi connectivity index (χ0n) is 65.0. The molecule has 0 aromatic carbocycles. The van der Waals surface area contributed by atoms with Gasteiger partial charge in [0, 0.05) is 25.7 Å². The van der Waals surface area contributed by atoms with E-state index in [9.17, 15) is 43.2 Å². The van der Waals surface area contributed by atoms with Crippen LogP contribution in [0.4, 0.5) is 0 Å². The Labute approximate surface area is 607 Å². The quantitative estimate of drug-likeness (QED) is 0.0222. The lowest BCUT2D eigenvalue weighted by Gasteiger charge is -2.21. The highest BCUT2D eigenvalue weighted by atomic mass is 31.2. The van der Waals surface area contributed by atoms with Gasteiger partial charge in [0.15, 0.2) is 12.2 Å². The van der Waals surface area contributed by atoms with Crippen molar-refractivity contribution in [3.63, 3.8) is 0 Å². The van der Waals surface area contributed by atoms with Crippen molar-refractivity contribution in [1.82, 2.24) is 0 Å². The third-order valence-electron chi connectivity index (χ3n) is 19.0. The van der Waals surface area contributed by atoms with Crippen molar-refractivity contribution < 1.29 is 80.2 Å². The van der Waals surface area contributed by atoms with E-state index in [0.717, 1.165) is 114 Å². The molecule has 0 radical (unpaired) electrons. The van der Waals surface area contributed by atoms with Gasteiger partial charge in [-0.15, -0.1) is 0 Å². The lowest BCUT2D eigenvalue weighted by Crippen LogP contribution is -2.30. The summed E-state index contributed by atoms with van der Waals surface area (Å²) in [5, 5.41) is 10.6. The van der Waals surface area contributed by atoms with E-state index in [1.807, 2.05) is 0 Å². The number of aliphatic hydroxyl groups excluding tert-OH is 1. The first kappa shape index (κ1) is 97.1. The number of unbranched alkanes of at least 4 members (excludes halogenated alkanes) is 45. The molecule has 0 aromatic rings. The normalized spacial score (nSPS) is 14.3. The molecule has 0 aromatic heterocycles. The van der Waals surface area contributed by atoms with Gasteiger partial charge in [-0.2, -0.15) is 0 Å². The number of phosphoric acid groups is 2. The summed E-state index contributed by atoms with van der Waals surface area (Å²) in [5.41, 5.74) is 0. The molecule has 0 bridgehead atoms. The molecule has 0 fully saturated rings. The van der Waals surface area contributed by atoms with Crippen LogP contribution in [0.25, 0.3) is 0 Å². The maximum Gasteiger partial charge on any atom is 0.472 e. The Kier molecular flexibility index (Phi) is 69.0. The summed E-state index contributed by atoms with van der Waals surface area (Å²) in [5.74, 6) is 0.196. The monoisotopic (exact) mass is 1450 g/mol. The predicted molar refractivity (Wildman–Crippen MR) is 405 cm³/mol. The van der Waals surface area contributed by atoms with Gasteiger partial charge in [0.1, 0.15) is 19.3 Å². The van der Waals surface area contributed by atoms with Crippen LogP contribution in [0, 0.1) is 17.8 Å². The van der Waals surface area contributed by atoms with Gasteiger partial charge in [0.25, 0.3) is 0 Å². The van der Waals surface area contributed by atoms with Crippen molar-refractivity contribution in [3.8, 4) is 0 Å². The second-order valence-corrected chi connectivity index (χ2v) is 32.9. The zero-order valence-corrected chi connectivity index (χ0v) is 66.8. The first-order valence-electron chi connectivity index (χ1n) is 41.4. The number of hydrogen-bond acceptors (Lipinski definition) is 15. The van der Waals surface area contributed by atoms with Crippen LogP contribution in [0.2, 0.25) is 0 Å². The molecule has 0 saturated heterocycles. The number of hydrogen-bond donors (Lipinski definition) is 3. The molecule has 17 nitrogen and oxygen atoms in total.